The van der Waals surface area contributed by atoms with Crippen LogP contribution >= 0.6 is 0 Å². The minimum Gasteiger partial charge on any atom is -0.390 e. The third kappa shape index (κ3) is 3.68. The third-order valence-electron chi connectivity index (χ3n) is 3.46. The lowest BCUT2D eigenvalue weighted by Crippen LogP contribution is -2.29. The molecule has 1 aliphatic carbocycles. The maximum atomic E-state index is 10.4. The molecule has 1 aliphatic rings. The van der Waals surface area contributed by atoms with Gasteiger partial charge in [0.1, 0.15) is 0 Å². The Balaban J connectivity index is 2.41. The summed E-state index contributed by atoms with van der Waals surface area (Å²) in [7, 11) is 0. The van der Waals surface area contributed by atoms with Gasteiger partial charge in [-0.2, -0.15) is 0 Å². The van der Waals surface area contributed by atoms with Crippen molar-refractivity contribution in [3.63, 3.8) is 0 Å². The Hall–Kier alpha value is -0.0400. The van der Waals surface area contributed by atoms with Gasteiger partial charge >= 0.3 is 0 Å². The first-order chi connectivity index (χ1) is 6.16. The summed E-state index contributed by atoms with van der Waals surface area (Å²) >= 11 is 0. The molecule has 1 atom stereocenters. The number of rotatable bonds is 3. The number of hydrogen-bond acceptors (Lipinski definition) is 1. The van der Waals surface area contributed by atoms with Crippen molar-refractivity contribution in [2.24, 2.45) is 5.92 Å². The molecule has 1 rings (SSSR count). The molecule has 0 radical (unpaired) electrons. The molecule has 0 spiro atoms. The molecule has 1 N–H and O–H groups in total. The van der Waals surface area contributed by atoms with Crippen LogP contribution in [0.2, 0.25) is 0 Å². The van der Waals surface area contributed by atoms with E-state index >= 15 is 0 Å². The van der Waals surface area contributed by atoms with Gasteiger partial charge in [0.05, 0.1) is 5.60 Å². The molecule has 0 aromatic rings. The Morgan fingerprint density at radius 3 is 2.15 bits per heavy atom. The fourth-order valence-electron chi connectivity index (χ4n) is 2.38. The van der Waals surface area contributed by atoms with E-state index in [9.17, 15) is 5.11 Å². The second-order valence-electron chi connectivity index (χ2n) is 4.86. The van der Waals surface area contributed by atoms with E-state index in [1.807, 2.05) is 0 Å². The van der Waals surface area contributed by atoms with E-state index in [1.54, 1.807) is 0 Å². The quantitative estimate of drug-likeness (QED) is 0.665. The average molecular weight is 184 g/mol. The molecule has 78 valence electrons. The van der Waals surface area contributed by atoms with E-state index in [1.165, 1.54) is 32.1 Å². The number of hydrogen-bond donors (Lipinski definition) is 1. The molecular formula is C12H24O. The minimum absolute atomic E-state index is 0.314. The fraction of sp³-hybridized carbons (Fsp3) is 1.00. The van der Waals surface area contributed by atoms with Gasteiger partial charge in [0.15, 0.2) is 0 Å². The summed E-state index contributed by atoms with van der Waals surface area (Å²) in [6.45, 7) is 4.47. The zero-order valence-corrected chi connectivity index (χ0v) is 9.18. The molecule has 0 aliphatic heterocycles. The highest BCUT2D eigenvalue weighted by molar-refractivity contribution is 4.82. The summed E-state index contributed by atoms with van der Waals surface area (Å²) in [5.74, 6) is 0.683. The summed E-state index contributed by atoms with van der Waals surface area (Å²) in [6.07, 6.45) is 9.39. The summed E-state index contributed by atoms with van der Waals surface area (Å²) in [6, 6.07) is 0. The van der Waals surface area contributed by atoms with Gasteiger partial charge in [-0.1, -0.05) is 46.0 Å². The molecule has 0 saturated heterocycles. The Morgan fingerprint density at radius 1 is 1.15 bits per heavy atom. The minimum atomic E-state index is -0.314. The van der Waals surface area contributed by atoms with Gasteiger partial charge in [0.2, 0.25) is 0 Å². The maximum absolute atomic E-state index is 10.4. The van der Waals surface area contributed by atoms with E-state index in [-0.39, 0.29) is 5.60 Å². The van der Waals surface area contributed by atoms with Gasteiger partial charge in [-0.05, 0) is 25.2 Å². The normalized spacial score (nSPS) is 25.2. The predicted molar refractivity (Wildman–Crippen MR) is 56.7 cm³/mol. The van der Waals surface area contributed by atoms with E-state index < -0.39 is 0 Å². The first-order valence-corrected chi connectivity index (χ1v) is 5.89. The van der Waals surface area contributed by atoms with Crippen molar-refractivity contribution in [2.75, 3.05) is 0 Å². The first kappa shape index (κ1) is 11.0. The fourth-order valence-corrected chi connectivity index (χ4v) is 2.38. The molecule has 0 aromatic heterocycles. The van der Waals surface area contributed by atoms with Gasteiger partial charge in [-0.15, -0.1) is 0 Å². The second kappa shape index (κ2) is 4.99. The van der Waals surface area contributed by atoms with E-state index in [4.69, 9.17) is 0 Å². The van der Waals surface area contributed by atoms with Crippen LogP contribution in [0.1, 0.15) is 65.2 Å². The van der Waals surface area contributed by atoms with Gasteiger partial charge in [-0.3, -0.25) is 0 Å². The Labute approximate surface area is 82.5 Å². The molecule has 0 aromatic carbocycles. The van der Waals surface area contributed by atoms with Crippen LogP contribution in [0, 0.1) is 5.92 Å². The van der Waals surface area contributed by atoms with Gasteiger partial charge < -0.3 is 5.11 Å². The summed E-state index contributed by atoms with van der Waals surface area (Å²) in [5, 5.41) is 10.4. The smallest absolute Gasteiger partial charge is 0.0650 e. The van der Waals surface area contributed by atoms with Crippen molar-refractivity contribution < 1.29 is 5.11 Å². The van der Waals surface area contributed by atoms with Crippen LogP contribution in [0.15, 0.2) is 0 Å². The van der Waals surface area contributed by atoms with E-state index in [2.05, 4.69) is 13.8 Å². The molecule has 0 amide bonds. The van der Waals surface area contributed by atoms with Crippen molar-refractivity contribution in [3.05, 3.63) is 0 Å². The monoisotopic (exact) mass is 184 g/mol. The van der Waals surface area contributed by atoms with Gasteiger partial charge in [0.25, 0.3) is 0 Å². The van der Waals surface area contributed by atoms with Crippen LogP contribution in [0.25, 0.3) is 0 Å². The molecule has 1 saturated carbocycles. The third-order valence-corrected chi connectivity index (χ3v) is 3.46. The lowest BCUT2D eigenvalue weighted by Gasteiger charge is -2.29. The lowest BCUT2D eigenvalue weighted by atomic mass is 9.84. The molecule has 13 heavy (non-hydrogen) atoms. The maximum Gasteiger partial charge on any atom is 0.0650 e. The van der Waals surface area contributed by atoms with Crippen LogP contribution in [-0.4, -0.2) is 10.7 Å². The highest BCUT2D eigenvalue weighted by Crippen LogP contribution is 2.32. The second-order valence-corrected chi connectivity index (χ2v) is 4.86. The van der Waals surface area contributed by atoms with E-state index in [0.29, 0.717) is 5.92 Å². The Morgan fingerprint density at radius 2 is 1.69 bits per heavy atom. The van der Waals surface area contributed by atoms with E-state index in [0.717, 1.165) is 19.3 Å². The predicted octanol–water partition coefficient (Wildman–Crippen LogP) is 3.51. The standard InChI is InChI=1S/C12H24O/c1-3-11(2)10-12(13)8-6-4-5-7-9-12/h11,13H,3-10H2,1-2H3. The summed E-state index contributed by atoms with van der Waals surface area (Å²) < 4.78 is 0. The van der Waals surface area contributed by atoms with Crippen LogP contribution in [0.4, 0.5) is 0 Å². The zero-order valence-electron chi connectivity index (χ0n) is 9.18. The highest BCUT2D eigenvalue weighted by Gasteiger charge is 2.28. The van der Waals surface area contributed by atoms with Crippen molar-refractivity contribution in [1.29, 1.82) is 0 Å². The summed E-state index contributed by atoms with van der Waals surface area (Å²) in [5.41, 5.74) is -0.314. The molecule has 1 nitrogen and oxygen atoms in total. The van der Waals surface area contributed by atoms with Crippen molar-refractivity contribution in [1.82, 2.24) is 0 Å². The lowest BCUT2D eigenvalue weighted by molar-refractivity contribution is 0.00282. The van der Waals surface area contributed by atoms with Crippen molar-refractivity contribution in [3.8, 4) is 0 Å². The molecule has 1 unspecified atom stereocenters. The topological polar surface area (TPSA) is 20.2 Å². The van der Waals surface area contributed by atoms with Gasteiger partial charge in [-0.25, -0.2) is 0 Å². The van der Waals surface area contributed by atoms with Crippen LogP contribution in [-0.2, 0) is 0 Å². The molecule has 1 fully saturated rings. The first-order valence-electron chi connectivity index (χ1n) is 5.89. The Bertz CT molecular complexity index is 134. The van der Waals surface area contributed by atoms with Crippen molar-refractivity contribution >= 4 is 0 Å². The molecule has 0 heterocycles. The number of aliphatic hydroxyl groups is 1. The van der Waals surface area contributed by atoms with Crippen molar-refractivity contribution in [2.45, 2.75) is 70.8 Å². The molecular weight excluding hydrogens is 160 g/mol. The van der Waals surface area contributed by atoms with Crippen LogP contribution in [0.3, 0.4) is 0 Å². The van der Waals surface area contributed by atoms with Crippen LogP contribution < -0.4 is 0 Å². The largest absolute Gasteiger partial charge is 0.390 e. The highest BCUT2D eigenvalue weighted by atomic mass is 16.3. The zero-order chi connectivity index (χ0) is 9.73. The molecule has 0 bridgehead atoms. The Kier molecular flexibility index (Phi) is 4.24. The molecule has 1 heteroatoms. The van der Waals surface area contributed by atoms with Gasteiger partial charge in [0, 0.05) is 0 Å². The SMILES string of the molecule is CCC(C)CC1(O)CCCCCC1. The summed E-state index contributed by atoms with van der Waals surface area (Å²) in [4.78, 5) is 0. The average Bonchev–Trinajstić information content (AvgIpc) is 2.30. The van der Waals surface area contributed by atoms with Crippen LogP contribution in [0.5, 0.6) is 0 Å².